The summed E-state index contributed by atoms with van der Waals surface area (Å²) in [6.07, 6.45) is 0. The van der Waals surface area contributed by atoms with Gasteiger partial charge < -0.3 is 20.5 Å². The van der Waals surface area contributed by atoms with Gasteiger partial charge in [0, 0.05) is 12.1 Å². The number of hydrogen-bond acceptors (Lipinski definition) is 5. The fourth-order valence-electron chi connectivity index (χ4n) is 2.67. The maximum Gasteiger partial charge on any atom is 0.250 e. The second-order valence-electron chi connectivity index (χ2n) is 5.78. The Bertz CT molecular complexity index is 792. The zero-order valence-electron chi connectivity index (χ0n) is 15.1. The number of carbonyl (C=O) groups excluding carboxylic acids is 2. The molecule has 0 radical (unpaired) electrons. The lowest BCUT2D eigenvalue weighted by molar-refractivity contribution is -0.117. The summed E-state index contributed by atoms with van der Waals surface area (Å²) >= 11 is 0. The van der Waals surface area contributed by atoms with Crippen LogP contribution in [0.1, 0.15) is 15.9 Å². The smallest absolute Gasteiger partial charge is 0.250 e. The number of carbonyl (C=O) groups is 2. The van der Waals surface area contributed by atoms with Crippen molar-refractivity contribution in [2.45, 2.75) is 6.54 Å². The van der Waals surface area contributed by atoms with Crippen LogP contribution in [-0.4, -0.2) is 44.5 Å². The molecule has 2 amide bonds. The third-order valence-corrected chi connectivity index (χ3v) is 3.80. The van der Waals surface area contributed by atoms with Gasteiger partial charge in [-0.25, -0.2) is 0 Å². The molecule has 0 aliphatic heterocycles. The van der Waals surface area contributed by atoms with Gasteiger partial charge in [0.25, 0.3) is 5.91 Å². The number of methoxy groups -OCH3 is 2. The Morgan fingerprint density at radius 3 is 2.46 bits per heavy atom. The van der Waals surface area contributed by atoms with Crippen LogP contribution in [0.15, 0.2) is 42.5 Å². The predicted molar refractivity (Wildman–Crippen MR) is 99.5 cm³/mol. The summed E-state index contributed by atoms with van der Waals surface area (Å²) < 4.78 is 10.7. The zero-order chi connectivity index (χ0) is 19.1. The summed E-state index contributed by atoms with van der Waals surface area (Å²) in [4.78, 5) is 25.6. The molecule has 0 aromatic heterocycles. The molecule has 0 spiro atoms. The number of nitrogens with two attached hydrogens (primary N) is 1. The molecule has 2 rings (SSSR count). The lowest BCUT2D eigenvalue weighted by Crippen LogP contribution is -2.30. The number of nitrogens with one attached hydrogen (secondary N) is 1. The molecule has 2 aromatic carbocycles. The molecule has 0 saturated carbocycles. The average molecular weight is 357 g/mol. The van der Waals surface area contributed by atoms with E-state index in [0.29, 0.717) is 23.7 Å². The molecule has 7 heteroatoms. The highest BCUT2D eigenvalue weighted by molar-refractivity contribution is 6.03. The first-order valence-corrected chi connectivity index (χ1v) is 8.03. The lowest BCUT2D eigenvalue weighted by Gasteiger charge is -2.19. The molecule has 3 N–H and O–H groups in total. The number of nitrogens with zero attached hydrogens (tertiary/aromatic N) is 1. The summed E-state index contributed by atoms with van der Waals surface area (Å²) in [6, 6.07) is 12.2. The van der Waals surface area contributed by atoms with Gasteiger partial charge in [-0.3, -0.25) is 14.5 Å². The predicted octanol–water partition coefficient (Wildman–Crippen LogP) is 1.87. The second-order valence-corrected chi connectivity index (χ2v) is 5.78. The van der Waals surface area contributed by atoms with Gasteiger partial charge in [-0.1, -0.05) is 24.3 Å². The van der Waals surface area contributed by atoms with E-state index in [1.54, 1.807) is 38.5 Å². The van der Waals surface area contributed by atoms with E-state index in [9.17, 15) is 9.59 Å². The van der Waals surface area contributed by atoms with Crippen molar-refractivity contribution in [3.8, 4) is 11.5 Å². The van der Waals surface area contributed by atoms with Crippen LogP contribution < -0.4 is 20.5 Å². The van der Waals surface area contributed by atoms with Crippen molar-refractivity contribution < 1.29 is 19.1 Å². The first-order chi connectivity index (χ1) is 12.5. The maximum absolute atomic E-state index is 12.3. The third kappa shape index (κ3) is 4.73. The van der Waals surface area contributed by atoms with Gasteiger partial charge in [-0.2, -0.15) is 0 Å². The largest absolute Gasteiger partial charge is 0.493 e. The minimum Gasteiger partial charge on any atom is -0.493 e. The van der Waals surface area contributed by atoms with E-state index in [0.717, 1.165) is 5.56 Å². The van der Waals surface area contributed by atoms with Crippen LogP contribution in [0.5, 0.6) is 11.5 Å². The van der Waals surface area contributed by atoms with E-state index in [4.69, 9.17) is 15.2 Å². The summed E-state index contributed by atoms with van der Waals surface area (Å²) in [6.45, 7) is 0.624. The Hall–Kier alpha value is -3.06. The molecule has 0 heterocycles. The maximum atomic E-state index is 12.3. The SMILES string of the molecule is COc1cccc(CN(C)CC(=O)Nc2ccccc2C(N)=O)c1OC. The van der Waals surface area contributed by atoms with Crippen molar-refractivity contribution in [1.29, 1.82) is 0 Å². The lowest BCUT2D eigenvalue weighted by atomic mass is 10.1. The van der Waals surface area contributed by atoms with Gasteiger partial charge in [-0.15, -0.1) is 0 Å². The first-order valence-electron chi connectivity index (χ1n) is 8.03. The fourth-order valence-corrected chi connectivity index (χ4v) is 2.67. The van der Waals surface area contributed by atoms with E-state index >= 15 is 0 Å². The number of para-hydroxylation sites is 2. The average Bonchev–Trinajstić information content (AvgIpc) is 2.61. The molecule has 0 saturated heterocycles. The Labute approximate surface area is 152 Å². The van der Waals surface area contributed by atoms with Crippen LogP contribution in [0.4, 0.5) is 5.69 Å². The normalized spacial score (nSPS) is 10.5. The van der Waals surface area contributed by atoms with Crippen molar-refractivity contribution in [1.82, 2.24) is 4.90 Å². The summed E-state index contributed by atoms with van der Waals surface area (Å²) in [5.41, 5.74) is 6.91. The number of rotatable bonds is 8. The van der Waals surface area contributed by atoms with E-state index in [1.807, 2.05) is 30.1 Å². The highest BCUT2D eigenvalue weighted by atomic mass is 16.5. The quantitative estimate of drug-likeness (QED) is 0.752. The molecular weight excluding hydrogens is 334 g/mol. The molecule has 0 fully saturated rings. The van der Waals surface area contributed by atoms with Crippen LogP contribution in [0.2, 0.25) is 0 Å². The zero-order valence-corrected chi connectivity index (χ0v) is 15.1. The molecule has 2 aromatic rings. The van der Waals surface area contributed by atoms with E-state index in [2.05, 4.69) is 5.32 Å². The van der Waals surface area contributed by atoms with Crippen LogP contribution >= 0.6 is 0 Å². The highest BCUT2D eigenvalue weighted by Crippen LogP contribution is 2.31. The van der Waals surface area contributed by atoms with Gasteiger partial charge in [0.05, 0.1) is 32.0 Å². The minimum absolute atomic E-state index is 0.132. The third-order valence-electron chi connectivity index (χ3n) is 3.80. The Morgan fingerprint density at radius 2 is 1.81 bits per heavy atom. The highest BCUT2D eigenvalue weighted by Gasteiger charge is 2.15. The van der Waals surface area contributed by atoms with E-state index in [-0.39, 0.29) is 18.0 Å². The van der Waals surface area contributed by atoms with E-state index < -0.39 is 5.91 Å². The summed E-state index contributed by atoms with van der Waals surface area (Å²) in [7, 11) is 4.97. The number of hydrogen-bond donors (Lipinski definition) is 2. The standard InChI is InChI=1S/C19H23N3O4/c1-22(11-13-7-6-10-16(25-2)18(13)26-3)12-17(23)21-15-9-5-4-8-14(15)19(20)24/h4-10H,11-12H2,1-3H3,(H2,20,24)(H,21,23). The molecular formula is C19H23N3O4. The van der Waals surface area contributed by atoms with Crippen LogP contribution in [-0.2, 0) is 11.3 Å². The van der Waals surface area contributed by atoms with Crippen molar-refractivity contribution in [3.63, 3.8) is 0 Å². The summed E-state index contributed by atoms with van der Waals surface area (Å²) in [5, 5.41) is 2.72. The minimum atomic E-state index is -0.588. The number of anilines is 1. The van der Waals surface area contributed by atoms with Gasteiger partial charge in [0.2, 0.25) is 5.91 Å². The number of benzene rings is 2. The summed E-state index contributed by atoms with van der Waals surface area (Å²) in [5.74, 6) is 0.443. The molecule has 0 aliphatic carbocycles. The van der Waals surface area contributed by atoms with Crippen LogP contribution in [0, 0.1) is 0 Å². The van der Waals surface area contributed by atoms with Crippen molar-refractivity contribution >= 4 is 17.5 Å². The number of likely N-dealkylation sites (N-methyl/N-ethyl adjacent to an activating group) is 1. The van der Waals surface area contributed by atoms with Crippen LogP contribution in [0.25, 0.3) is 0 Å². The van der Waals surface area contributed by atoms with Gasteiger partial charge >= 0.3 is 0 Å². The molecule has 26 heavy (non-hydrogen) atoms. The number of ether oxygens (including phenoxy) is 2. The second kappa shape index (κ2) is 8.87. The molecule has 138 valence electrons. The van der Waals surface area contributed by atoms with Gasteiger partial charge in [0.15, 0.2) is 11.5 Å². The molecule has 0 unspecified atom stereocenters. The van der Waals surface area contributed by atoms with Crippen LogP contribution in [0.3, 0.4) is 0 Å². The Kier molecular flexibility index (Phi) is 6.57. The monoisotopic (exact) mass is 357 g/mol. The Morgan fingerprint density at radius 1 is 1.08 bits per heavy atom. The number of primary amides is 1. The first kappa shape index (κ1) is 19.3. The number of amides is 2. The van der Waals surface area contributed by atoms with Gasteiger partial charge in [-0.05, 0) is 25.2 Å². The van der Waals surface area contributed by atoms with Gasteiger partial charge in [0.1, 0.15) is 0 Å². The topological polar surface area (TPSA) is 93.9 Å². The molecule has 0 bridgehead atoms. The van der Waals surface area contributed by atoms with Crippen molar-refractivity contribution in [2.75, 3.05) is 33.1 Å². The molecule has 0 atom stereocenters. The van der Waals surface area contributed by atoms with E-state index in [1.165, 1.54) is 0 Å². The molecule has 7 nitrogen and oxygen atoms in total. The fraction of sp³-hybridized carbons (Fsp3) is 0.263. The van der Waals surface area contributed by atoms with Crippen molar-refractivity contribution in [2.24, 2.45) is 5.73 Å². The van der Waals surface area contributed by atoms with Crippen molar-refractivity contribution in [3.05, 3.63) is 53.6 Å². The Balaban J connectivity index is 2.04. The molecule has 0 aliphatic rings.